The molecule has 2 aliphatic carbocycles. The fourth-order valence-electron chi connectivity index (χ4n) is 3.58. The lowest BCUT2D eigenvalue weighted by atomic mass is 9.84. The number of rotatable bonds is 4. The van der Waals surface area contributed by atoms with Gasteiger partial charge < -0.3 is 4.74 Å². The Morgan fingerprint density at radius 1 is 1.24 bits per heavy atom. The third-order valence-corrected chi connectivity index (χ3v) is 4.68. The van der Waals surface area contributed by atoms with Gasteiger partial charge in [-0.3, -0.25) is 4.79 Å². The first kappa shape index (κ1) is 14.6. The second-order valence-electron chi connectivity index (χ2n) is 6.14. The van der Waals surface area contributed by atoms with E-state index in [-0.39, 0.29) is 11.9 Å². The Kier molecular flexibility index (Phi) is 4.63. The minimum atomic E-state index is -0.00220. The molecular weight excluding hydrogens is 264 g/mol. The molecule has 0 saturated heterocycles. The molecule has 0 amide bonds. The third kappa shape index (κ3) is 3.15. The minimum absolute atomic E-state index is 0.00220. The summed E-state index contributed by atoms with van der Waals surface area (Å²) in [6, 6.07) is 0. The van der Waals surface area contributed by atoms with Crippen LogP contribution in [0, 0.1) is 5.92 Å². The highest BCUT2D eigenvalue weighted by atomic mass is 16.5. The van der Waals surface area contributed by atoms with Crippen molar-refractivity contribution < 1.29 is 9.53 Å². The van der Waals surface area contributed by atoms with Crippen LogP contribution in [0.3, 0.4) is 0 Å². The van der Waals surface area contributed by atoms with Gasteiger partial charge in [0.25, 0.3) is 0 Å². The molecule has 114 valence electrons. The van der Waals surface area contributed by atoms with Crippen LogP contribution in [0.5, 0.6) is 0 Å². The molecule has 1 fully saturated rings. The Bertz CT molecular complexity index is 510. The highest BCUT2D eigenvalue weighted by molar-refractivity contribution is 5.97. The molecule has 4 heteroatoms. The summed E-state index contributed by atoms with van der Waals surface area (Å²) in [5, 5.41) is 0. The summed E-state index contributed by atoms with van der Waals surface area (Å²) in [4.78, 5) is 21.1. The quantitative estimate of drug-likeness (QED) is 0.848. The van der Waals surface area contributed by atoms with Crippen molar-refractivity contribution in [2.45, 2.75) is 64.4 Å². The van der Waals surface area contributed by atoms with Crippen LogP contribution in [0.1, 0.15) is 79.8 Å². The first-order valence-corrected chi connectivity index (χ1v) is 8.30. The Hall–Kier alpha value is -1.29. The van der Waals surface area contributed by atoms with Gasteiger partial charge in [-0.2, -0.15) is 0 Å². The van der Waals surface area contributed by atoms with Crippen LogP contribution < -0.4 is 0 Å². The fourth-order valence-corrected chi connectivity index (χ4v) is 3.58. The fraction of sp³-hybridized carbons (Fsp3) is 0.706. The number of ketones is 1. The largest absolute Gasteiger partial charge is 0.370 e. The zero-order valence-corrected chi connectivity index (χ0v) is 12.8. The first-order valence-electron chi connectivity index (χ1n) is 8.30. The summed E-state index contributed by atoms with van der Waals surface area (Å²) in [6.45, 7) is 2.71. The van der Waals surface area contributed by atoms with E-state index in [1.807, 2.05) is 6.92 Å². The molecule has 0 radical (unpaired) electrons. The van der Waals surface area contributed by atoms with Crippen LogP contribution in [0.4, 0.5) is 0 Å². The van der Waals surface area contributed by atoms with E-state index < -0.39 is 0 Å². The third-order valence-electron chi connectivity index (χ3n) is 4.68. The van der Waals surface area contributed by atoms with Crippen LogP contribution >= 0.6 is 0 Å². The lowest BCUT2D eigenvalue weighted by Gasteiger charge is -2.29. The lowest BCUT2D eigenvalue weighted by Crippen LogP contribution is -2.23. The monoisotopic (exact) mass is 288 g/mol. The topological polar surface area (TPSA) is 52.1 Å². The van der Waals surface area contributed by atoms with Gasteiger partial charge in [0.05, 0.1) is 11.3 Å². The molecule has 2 aliphatic rings. The van der Waals surface area contributed by atoms with Crippen molar-refractivity contribution in [1.29, 1.82) is 0 Å². The predicted molar refractivity (Wildman–Crippen MR) is 80.2 cm³/mol. The van der Waals surface area contributed by atoms with E-state index >= 15 is 0 Å². The van der Waals surface area contributed by atoms with Crippen molar-refractivity contribution in [3.05, 3.63) is 23.3 Å². The number of aryl methyl sites for hydroxylation is 1. The average molecular weight is 288 g/mol. The maximum Gasteiger partial charge on any atom is 0.166 e. The molecule has 0 bridgehead atoms. The first-order chi connectivity index (χ1) is 10.3. The van der Waals surface area contributed by atoms with E-state index in [1.165, 1.54) is 32.1 Å². The molecule has 0 N–H and O–H groups in total. The molecule has 0 aromatic carbocycles. The number of hydrogen-bond acceptors (Lipinski definition) is 4. The molecule has 4 nitrogen and oxygen atoms in total. The number of Topliss-reactive ketones (excluding diaryl/α,β-unsaturated/α-hetero) is 1. The van der Waals surface area contributed by atoms with E-state index in [0.29, 0.717) is 18.9 Å². The molecule has 1 saturated carbocycles. The molecular formula is C17H24N2O2. The highest BCUT2D eigenvalue weighted by Crippen LogP contribution is 2.36. The molecule has 1 atom stereocenters. The maximum atomic E-state index is 11.9. The normalized spacial score (nSPS) is 21.1. The second kappa shape index (κ2) is 6.65. The van der Waals surface area contributed by atoms with Crippen molar-refractivity contribution >= 4 is 5.78 Å². The van der Waals surface area contributed by atoms with E-state index in [4.69, 9.17) is 9.72 Å². The smallest absolute Gasteiger partial charge is 0.166 e. The molecule has 0 spiro atoms. The summed E-state index contributed by atoms with van der Waals surface area (Å²) in [6.07, 6.45) is 10.4. The average Bonchev–Trinajstić information content (AvgIpc) is 2.53. The summed E-state index contributed by atoms with van der Waals surface area (Å²) in [5.41, 5.74) is 1.65. The van der Waals surface area contributed by atoms with Gasteiger partial charge >= 0.3 is 0 Å². The summed E-state index contributed by atoms with van der Waals surface area (Å²) >= 11 is 0. The standard InChI is InChI=1S/C17H24N2O2/c1-2-21-16(12-7-4-3-5-8-12)17-18-11-13-14(19-17)9-6-10-15(13)20/h11-12,16H,2-10H2,1H3. The van der Waals surface area contributed by atoms with Crippen LogP contribution in [0.2, 0.25) is 0 Å². The van der Waals surface area contributed by atoms with Gasteiger partial charge in [-0.15, -0.1) is 0 Å². The SMILES string of the molecule is CCOC(c1ncc2c(n1)CCCC2=O)C1CCCCC1. The molecule has 21 heavy (non-hydrogen) atoms. The van der Waals surface area contributed by atoms with Gasteiger partial charge in [0.2, 0.25) is 0 Å². The van der Waals surface area contributed by atoms with Crippen LogP contribution in [0.25, 0.3) is 0 Å². The van der Waals surface area contributed by atoms with Crippen molar-refractivity contribution in [3.8, 4) is 0 Å². The highest BCUT2D eigenvalue weighted by Gasteiger charge is 2.29. The second-order valence-corrected chi connectivity index (χ2v) is 6.14. The van der Waals surface area contributed by atoms with Gasteiger partial charge in [0, 0.05) is 19.2 Å². The minimum Gasteiger partial charge on any atom is -0.370 e. The number of aromatic nitrogens is 2. The van der Waals surface area contributed by atoms with Gasteiger partial charge in [-0.05, 0) is 38.5 Å². The number of carbonyl (C=O) groups is 1. The molecule has 1 unspecified atom stereocenters. The van der Waals surface area contributed by atoms with Crippen molar-refractivity contribution in [2.75, 3.05) is 6.61 Å². The van der Waals surface area contributed by atoms with Crippen molar-refractivity contribution in [2.24, 2.45) is 5.92 Å². The Labute approximate surface area is 126 Å². The molecule has 1 heterocycles. The van der Waals surface area contributed by atoms with Gasteiger partial charge in [-0.25, -0.2) is 9.97 Å². The Balaban J connectivity index is 1.86. The van der Waals surface area contributed by atoms with Crippen LogP contribution in [0.15, 0.2) is 6.20 Å². The zero-order valence-electron chi connectivity index (χ0n) is 12.8. The van der Waals surface area contributed by atoms with E-state index in [0.717, 1.165) is 29.9 Å². The Morgan fingerprint density at radius 2 is 2.05 bits per heavy atom. The number of fused-ring (bicyclic) bond motifs is 1. The number of carbonyl (C=O) groups excluding carboxylic acids is 1. The van der Waals surface area contributed by atoms with E-state index in [9.17, 15) is 4.79 Å². The summed E-state index contributed by atoms with van der Waals surface area (Å²) in [5.74, 6) is 1.50. The van der Waals surface area contributed by atoms with Crippen LogP contribution in [-0.2, 0) is 11.2 Å². The van der Waals surface area contributed by atoms with Crippen LogP contribution in [-0.4, -0.2) is 22.4 Å². The van der Waals surface area contributed by atoms with E-state index in [1.54, 1.807) is 6.20 Å². The molecule has 1 aromatic rings. The lowest BCUT2D eigenvalue weighted by molar-refractivity contribution is -0.000384. The number of ether oxygens (including phenoxy) is 1. The predicted octanol–water partition coefficient (Wildman–Crippen LogP) is 3.65. The zero-order chi connectivity index (χ0) is 14.7. The van der Waals surface area contributed by atoms with Crippen molar-refractivity contribution in [3.63, 3.8) is 0 Å². The van der Waals surface area contributed by atoms with E-state index in [2.05, 4.69) is 4.98 Å². The van der Waals surface area contributed by atoms with Gasteiger partial charge in [0.1, 0.15) is 6.10 Å². The molecule has 3 rings (SSSR count). The molecule has 0 aliphatic heterocycles. The summed E-state index contributed by atoms with van der Waals surface area (Å²) < 4.78 is 5.98. The summed E-state index contributed by atoms with van der Waals surface area (Å²) in [7, 11) is 0. The van der Waals surface area contributed by atoms with Crippen molar-refractivity contribution in [1.82, 2.24) is 9.97 Å². The number of hydrogen-bond donors (Lipinski definition) is 0. The Morgan fingerprint density at radius 3 is 2.81 bits per heavy atom. The molecule has 1 aromatic heterocycles. The van der Waals surface area contributed by atoms with Gasteiger partial charge in [-0.1, -0.05) is 19.3 Å². The maximum absolute atomic E-state index is 11.9. The van der Waals surface area contributed by atoms with Gasteiger partial charge in [0.15, 0.2) is 11.6 Å². The number of nitrogens with zero attached hydrogens (tertiary/aromatic N) is 2.